The molecule has 0 aliphatic carbocycles. The smallest absolute Gasteiger partial charge is 0.150 e. The average molecular weight is 428 g/mol. The fourth-order valence-corrected chi connectivity index (χ4v) is 4.50. The molecule has 0 amide bonds. The molecule has 4 nitrogen and oxygen atoms in total. The molecule has 1 N–H and O–H groups in total. The van der Waals surface area contributed by atoms with Gasteiger partial charge in [0, 0.05) is 33.6 Å². The van der Waals surface area contributed by atoms with Gasteiger partial charge in [-0.1, -0.05) is 66.7 Å². The first-order valence-corrected chi connectivity index (χ1v) is 10.8. The van der Waals surface area contributed by atoms with Crippen molar-refractivity contribution >= 4 is 33.6 Å². The maximum absolute atomic E-state index is 11.0. The summed E-state index contributed by atoms with van der Waals surface area (Å²) in [6.07, 6.45) is 2.95. The molecule has 0 bridgehead atoms. The van der Waals surface area contributed by atoms with Gasteiger partial charge in [-0.05, 0) is 41.0 Å². The number of aliphatic hydroxyl groups excluding tert-OH is 1. The number of hydrogen-bond donors (Lipinski definition) is 1. The molecule has 158 valence electrons. The van der Waals surface area contributed by atoms with E-state index >= 15 is 0 Å². The quantitative estimate of drug-likeness (QED) is 0.336. The molecule has 3 aromatic carbocycles. The van der Waals surface area contributed by atoms with E-state index in [-0.39, 0.29) is 6.61 Å². The van der Waals surface area contributed by atoms with Gasteiger partial charge in [-0.3, -0.25) is 4.79 Å². The highest BCUT2D eigenvalue weighted by atomic mass is 16.3. The number of aliphatic hydroxyl groups is 1. The molecule has 33 heavy (non-hydrogen) atoms. The van der Waals surface area contributed by atoms with Crippen LogP contribution in [0.3, 0.4) is 0 Å². The van der Waals surface area contributed by atoms with Crippen LogP contribution in [0.25, 0.3) is 49.7 Å². The zero-order valence-corrected chi connectivity index (χ0v) is 17.8. The Labute approximate surface area is 190 Å². The van der Waals surface area contributed by atoms with Crippen molar-refractivity contribution in [2.45, 2.75) is 6.61 Å². The van der Waals surface area contributed by atoms with Gasteiger partial charge < -0.3 is 9.51 Å². The van der Waals surface area contributed by atoms with Crippen molar-refractivity contribution in [3.63, 3.8) is 0 Å². The molecule has 0 atom stereocenters. The lowest BCUT2D eigenvalue weighted by atomic mass is 10.0. The van der Waals surface area contributed by atoms with Gasteiger partial charge in [0.2, 0.25) is 0 Å². The number of para-hydroxylation sites is 1. The Hall–Kier alpha value is -4.28. The number of benzene rings is 3. The van der Waals surface area contributed by atoms with Crippen molar-refractivity contribution in [3.05, 3.63) is 108 Å². The Morgan fingerprint density at radius 3 is 2.30 bits per heavy atom. The van der Waals surface area contributed by atoms with E-state index in [1.807, 2.05) is 66.7 Å². The third-order valence-electron chi connectivity index (χ3n) is 6.21. The summed E-state index contributed by atoms with van der Waals surface area (Å²) in [5.74, 6) is 0. The predicted octanol–water partition coefficient (Wildman–Crippen LogP) is 6.28. The SMILES string of the molecule is O=Cc1ccc(-c2ccn3c(c2)cc2c4ccccc4nc(-c4ccc(CO)cc4)c23)cc1. The summed E-state index contributed by atoms with van der Waals surface area (Å²) >= 11 is 0. The number of hydrogen-bond acceptors (Lipinski definition) is 3. The van der Waals surface area contributed by atoms with Crippen molar-refractivity contribution in [2.24, 2.45) is 0 Å². The van der Waals surface area contributed by atoms with Crippen molar-refractivity contribution in [1.82, 2.24) is 9.38 Å². The molecule has 3 heterocycles. The first kappa shape index (κ1) is 19.4. The summed E-state index contributed by atoms with van der Waals surface area (Å²) < 4.78 is 2.19. The van der Waals surface area contributed by atoms with E-state index in [1.165, 1.54) is 0 Å². The summed E-state index contributed by atoms with van der Waals surface area (Å²) in [6, 6.07) is 30.2. The van der Waals surface area contributed by atoms with Gasteiger partial charge in [0.1, 0.15) is 6.29 Å². The third kappa shape index (κ3) is 3.20. The van der Waals surface area contributed by atoms with Gasteiger partial charge in [0.25, 0.3) is 0 Å². The van der Waals surface area contributed by atoms with Gasteiger partial charge in [-0.2, -0.15) is 0 Å². The largest absolute Gasteiger partial charge is 0.392 e. The minimum atomic E-state index is 0.0193. The summed E-state index contributed by atoms with van der Waals surface area (Å²) in [4.78, 5) is 16.0. The van der Waals surface area contributed by atoms with Crippen LogP contribution < -0.4 is 0 Å². The molecule has 6 aromatic rings. The van der Waals surface area contributed by atoms with Gasteiger partial charge in [-0.15, -0.1) is 0 Å². The monoisotopic (exact) mass is 428 g/mol. The van der Waals surface area contributed by atoms with Gasteiger partial charge in [-0.25, -0.2) is 4.98 Å². The van der Waals surface area contributed by atoms with Crippen LogP contribution in [-0.2, 0) is 6.61 Å². The van der Waals surface area contributed by atoms with Crippen LogP contribution in [0.4, 0.5) is 0 Å². The predicted molar refractivity (Wildman–Crippen MR) is 132 cm³/mol. The number of aldehydes is 1. The van der Waals surface area contributed by atoms with E-state index in [2.05, 4.69) is 34.9 Å². The van der Waals surface area contributed by atoms with Crippen LogP contribution in [0, 0.1) is 0 Å². The summed E-state index contributed by atoms with van der Waals surface area (Å²) in [5.41, 5.74) is 8.71. The maximum atomic E-state index is 11.0. The number of carbonyl (C=O) groups is 1. The van der Waals surface area contributed by atoms with Gasteiger partial charge >= 0.3 is 0 Å². The highest BCUT2D eigenvalue weighted by Crippen LogP contribution is 2.36. The van der Waals surface area contributed by atoms with Crippen LogP contribution in [-0.4, -0.2) is 20.8 Å². The number of pyridine rings is 2. The van der Waals surface area contributed by atoms with E-state index in [4.69, 9.17) is 4.98 Å². The van der Waals surface area contributed by atoms with E-state index in [0.717, 1.165) is 61.6 Å². The van der Waals surface area contributed by atoms with Crippen molar-refractivity contribution in [1.29, 1.82) is 0 Å². The Kier molecular flexibility index (Phi) is 4.52. The molecule has 6 rings (SSSR count). The Bertz CT molecular complexity index is 1650. The Morgan fingerprint density at radius 2 is 1.55 bits per heavy atom. The first-order chi connectivity index (χ1) is 16.2. The first-order valence-electron chi connectivity index (χ1n) is 10.8. The molecule has 0 aliphatic heterocycles. The van der Waals surface area contributed by atoms with Crippen molar-refractivity contribution < 1.29 is 9.90 Å². The number of carbonyl (C=O) groups excluding carboxylic acids is 1. The van der Waals surface area contributed by atoms with Crippen LogP contribution in [0.1, 0.15) is 15.9 Å². The van der Waals surface area contributed by atoms with E-state index in [9.17, 15) is 9.90 Å². The minimum absolute atomic E-state index is 0.0193. The highest BCUT2D eigenvalue weighted by molar-refractivity contribution is 6.12. The molecule has 3 aromatic heterocycles. The lowest BCUT2D eigenvalue weighted by molar-refractivity contribution is 0.112. The highest BCUT2D eigenvalue weighted by Gasteiger charge is 2.15. The average Bonchev–Trinajstić information content (AvgIpc) is 3.27. The third-order valence-corrected chi connectivity index (χ3v) is 6.21. The Balaban J connectivity index is 1.62. The molecule has 0 saturated heterocycles. The fourth-order valence-electron chi connectivity index (χ4n) is 4.50. The zero-order valence-electron chi connectivity index (χ0n) is 17.8. The molecule has 0 unspecified atom stereocenters. The van der Waals surface area contributed by atoms with Gasteiger partial charge in [0.15, 0.2) is 0 Å². The van der Waals surface area contributed by atoms with Crippen LogP contribution in [0.2, 0.25) is 0 Å². The number of aromatic nitrogens is 2. The van der Waals surface area contributed by atoms with Crippen LogP contribution in [0.15, 0.2) is 97.2 Å². The van der Waals surface area contributed by atoms with E-state index in [1.54, 1.807) is 0 Å². The standard InChI is InChI=1S/C29H20N2O2/c32-17-19-5-9-21(10-6-19)23-13-14-31-24(15-23)16-26-25-3-1-2-4-27(25)30-28(29(26)31)22-11-7-20(18-33)8-12-22/h1-17,33H,18H2. The molecular formula is C29H20N2O2. The van der Waals surface area contributed by atoms with Crippen molar-refractivity contribution in [3.8, 4) is 22.4 Å². The number of rotatable bonds is 4. The molecule has 0 aliphatic rings. The topological polar surface area (TPSA) is 54.6 Å². The van der Waals surface area contributed by atoms with Gasteiger partial charge in [0.05, 0.1) is 23.3 Å². The lowest BCUT2D eigenvalue weighted by Gasteiger charge is -2.10. The molecule has 0 spiro atoms. The fraction of sp³-hybridized carbons (Fsp3) is 0.0345. The second-order valence-electron chi connectivity index (χ2n) is 8.19. The van der Waals surface area contributed by atoms with Crippen LogP contribution >= 0.6 is 0 Å². The second kappa shape index (κ2) is 7.69. The summed E-state index contributed by atoms with van der Waals surface area (Å²) in [7, 11) is 0. The van der Waals surface area contributed by atoms with Crippen molar-refractivity contribution in [2.75, 3.05) is 0 Å². The molecule has 0 fully saturated rings. The Morgan fingerprint density at radius 1 is 0.788 bits per heavy atom. The molecule has 4 heteroatoms. The molecular weight excluding hydrogens is 408 g/mol. The number of nitrogens with zero attached hydrogens (tertiary/aromatic N) is 2. The zero-order chi connectivity index (χ0) is 22.4. The van der Waals surface area contributed by atoms with Crippen LogP contribution in [0.5, 0.6) is 0 Å². The maximum Gasteiger partial charge on any atom is 0.150 e. The second-order valence-corrected chi connectivity index (χ2v) is 8.19. The van der Waals surface area contributed by atoms with E-state index in [0.29, 0.717) is 5.56 Å². The lowest BCUT2D eigenvalue weighted by Crippen LogP contribution is -1.93. The minimum Gasteiger partial charge on any atom is -0.392 e. The van der Waals surface area contributed by atoms with E-state index < -0.39 is 0 Å². The molecule has 0 radical (unpaired) electrons. The number of fused-ring (bicyclic) bond motifs is 5. The normalized spacial score (nSPS) is 11.4. The molecule has 0 saturated carbocycles. The summed E-state index contributed by atoms with van der Waals surface area (Å²) in [5, 5.41) is 11.7. The summed E-state index contributed by atoms with van der Waals surface area (Å²) in [6.45, 7) is 0.0193.